The fourth-order valence-electron chi connectivity index (χ4n) is 2.08. The maximum Gasteiger partial charge on any atom is 0.0406 e. The average molecular weight is 240 g/mol. The fraction of sp³-hybridized carbons (Fsp3) is 0.571. The molecule has 1 nitrogen and oxygen atoms in total. The molecule has 0 atom stereocenters. The second-order valence-corrected chi connectivity index (χ2v) is 4.57. The van der Waals surface area contributed by atoms with Crippen molar-refractivity contribution in [2.24, 2.45) is 0 Å². The molecule has 1 fully saturated rings. The lowest BCUT2D eigenvalue weighted by Crippen LogP contribution is -2.29. The molecule has 1 aromatic carbocycles. The van der Waals surface area contributed by atoms with E-state index < -0.39 is 0 Å². The summed E-state index contributed by atoms with van der Waals surface area (Å²) in [5.74, 6) is 0.739. The Morgan fingerprint density at radius 3 is 2.06 bits per heavy atom. The summed E-state index contributed by atoms with van der Waals surface area (Å²) in [5, 5.41) is 0.835. The summed E-state index contributed by atoms with van der Waals surface area (Å²) < 4.78 is 0. The van der Waals surface area contributed by atoms with Gasteiger partial charge in [0.25, 0.3) is 0 Å². The highest BCUT2D eigenvalue weighted by molar-refractivity contribution is 6.30. The van der Waals surface area contributed by atoms with Crippen molar-refractivity contribution in [1.82, 2.24) is 4.90 Å². The Morgan fingerprint density at radius 1 is 1.06 bits per heavy atom. The van der Waals surface area contributed by atoms with Crippen molar-refractivity contribution >= 4 is 11.6 Å². The predicted molar refractivity (Wildman–Crippen MR) is 72.3 cm³/mol. The molecule has 16 heavy (non-hydrogen) atoms. The number of hydrogen-bond acceptors (Lipinski definition) is 1. The predicted octanol–water partition coefficient (Wildman–Crippen LogP) is 4.18. The molecule has 2 heteroatoms. The first-order valence-corrected chi connectivity index (χ1v) is 6.57. The number of rotatable bonds is 1. The first kappa shape index (κ1) is 13.5. The van der Waals surface area contributed by atoms with Gasteiger partial charge in [0.05, 0.1) is 0 Å². The van der Waals surface area contributed by atoms with Gasteiger partial charge in [-0.3, -0.25) is 0 Å². The smallest absolute Gasteiger partial charge is 0.0406 e. The van der Waals surface area contributed by atoms with Crippen LogP contribution in [0.15, 0.2) is 24.3 Å². The van der Waals surface area contributed by atoms with Crippen LogP contribution < -0.4 is 0 Å². The van der Waals surface area contributed by atoms with Crippen LogP contribution in [-0.4, -0.2) is 25.0 Å². The van der Waals surface area contributed by atoms with Crippen molar-refractivity contribution in [3.63, 3.8) is 0 Å². The largest absolute Gasteiger partial charge is 0.306 e. The van der Waals surface area contributed by atoms with E-state index in [0.717, 1.165) is 10.9 Å². The second kappa shape index (κ2) is 6.93. The van der Waals surface area contributed by atoms with Gasteiger partial charge in [-0.2, -0.15) is 0 Å². The van der Waals surface area contributed by atoms with E-state index in [0.29, 0.717) is 0 Å². The minimum absolute atomic E-state index is 0.739. The fourth-order valence-corrected chi connectivity index (χ4v) is 2.20. The zero-order valence-electron chi connectivity index (χ0n) is 10.5. The number of likely N-dealkylation sites (tertiary alicyclic amines) is 1. The third kappa shape index (κ3) is 3.80. The molecule has 2 rings (SSSR count). The molecule has 0 N–H and O–H groups in total. The van der Waals surface area contributed by atoms with Crippen LogP contribution in [0.5, 0.6) is 0 Å². The van der Waals surface area contributed by atoms with Crippen molar-refractivity contribution in [2.75, 3.05) is 20.1 Å². The minimum atomic E-state index is 0.739. The van der Waals surface area contributed by atoms with Crippen molar-refractivity contribution in [2.45, 2.75) is 32.6 Å². The van der Waals surface area contributed by atoms with Gasteiger partial charge in [0.1, 0.15) is 0 Å². The van der Waals surface area contributed by atoms with Gasteiger partial charge in [-0.1, -0.05) is 37.6 Å². The van der Waals surface area contributed by atoms with Crippen molar-refractivity contribution in [3.8, 4) is 0 Å². The molecule has 0 aliphatic carbocycles. The second-order valence-electron chi connectivity index (χ2n) is 4.13. The molecule has 1 saturated heterocycles. The van der Waals surface area contributed by atoms with E-state index in [1.807, 2.05) is 26.0 Å². The highest BCUT2D eigenvalue weighted by atomic mass is 35.5. The van der Waals surface area contributed by atoms with Gasteiger partial charge in [0.2, 0.25) is 0 Å². The first-order valence-electron chi connectivity index (χ1n) is 6.20. The summed E-state index contributed by atoms with van der Waals surface area (Å²) in [5.41, 5.74) is 1.45. The zero-order chi connectivity index (χ0) is 12.0. The minimum Gasteiger partial charge on any atom is -0.306 e. The van der Waals surface area contributed by atoms with E-state index in [1.165, 1.54) is 31.5 Å². The monoisotopic (exact) mass is 239 g/mol. The maximum atomic E-state index is 5.87. The Balaban J connectivity index is 0.000000606. The first-order chi connectivity index (χ1) is 7.75. The number of hydrogen-bond donors (Lipinski definition) is 0. The van der Waals surface area contributed by atoms with E-state index in [4.69, 9.17) is 11.6 Å². The van der Waals surface area contributed by atoms with Gasteiger partial charge in [-0.15, -0.1) is 0 Å². The summed E-state index contributed by atoms with van der Waals surface area (Å²) in [6.07, 6.45) is 2.55. The molecule has 1 heterocycles. The lowest BCUT2D eigenvalue weighted by molar-refractivity contribution is 0.255. The third-order valence-electron chi connectivity index (χ3n) is 3.06. The molecule has 0 aromatic heterocycles. The van der Waals surface area contributed by atoms with Gasteiger partial charge in [0, 0.05) is 5.02 Å². The van der Waals surface area contributed by atoms with Crippen LogP contribution in [0.2, 0.25) is 5.02 Å². The van der Waals surface area contributed by atoms with Gasteiger partial charge in [0.15, 0.2) is 0 Å². The molecule has 0 spiro atoms. The van der Waals surface area contributed by atoms with Crippen molar-refractivity contribution in [1.29, 1.82) is 0 Å². The molecular weight excluding hydrogens is 218 g/mol. The van der Waals surface area contributed by atoms with Gasteiger partial charge in [-0.25, -0.2) is 0 Å². The quantitative estimate of drug-likeness (QED) is 0.711. The van der Waals surface area contributed by atoms with E-state index in [9.17, 15) is 0 Å². The van der Waals surface area contributed by atoms with Crippen LogP contribution in [0.25, 0.3) is 0 Å². The Labute approximate surface area is 104 Å². The Bertz CT molecular complexity index is 286. The summed E-state index contributed by atoms with van der Waals surface area (Å²) in [6.45, 7) is 6.43. The van der Waals surface area contributed by atoms with Crippen molar-refractivity contribution < 1.29 is 0 Å². The van der Waals surface area contributed by atoms with E-state index in [2.05, 4.69) is 24.1 Å². The van der Waals surface area contributed by atoms with Crippen LogP contribution >= 0.6 is 11.6 Å². The Kier molecular flexibility index (Phi) is 5.86. The molecule has 0 radical (unpaired) electrons. The Morgan fingerprint density at radius 2 is 1.56 bits per heavy atom. The zero-order valence-corrected chi connectivity index (χ0v) is 11.3. The van der Waals surface area contributed by atoms with E-state index in [-0.39, 0.29) is 0 Å². The van der Waals surface area contributed by atoms with Crippen LogP contribution in [0, 0.1) is 0 Å². The molecule has 1 aliphatic heterocycles. The molecule has 0 bridgehead atoms. The van der Waals surface area contributed by atoms with E-state index in [1.54, 1.807) is 0 Å². The van der Waals surface area contributed by atoms with Crippen LogP contribution in [0.3, 0.4) is 0 Å². The lowest BCUT2D eigenvalue weighted by atomic mass is 9.90. The molecule has 1 aliphatic rings. The van der Waals surface area contributed by atoms with Gasteiger partial charge < -0.3 is 4.90 Å². The highest BCUT2D eigenvalue weighted by Crippen LogP contribution is 2.27. The Hall–Kier alpha value is -0.530. The van der Waals surface area contributed by atoms with Crippen LogP contribution in [-0.2, 0) is 0 Å². The van der Waals surface area contributed by atoms with Crippen LogP contribution in [0.1, 0.15) is 38.2 Å². The topological polar surface area (TPSA) is 3.24 Å². The van der Waals surface area contributed by atoms with Crippen LogP contribution in [0.4, 0.5) is 0 Å². The molecule has 0 saturated carbocycles. The summed E-state index contributed by atoms with van der Waals surface area (Å²) in [7, 11) is 2.19. The molecule has 1 aromatic rings. The summed E-state index contributed by atoms with van der Waals surface area (Å²) in [4.78, 5) is 2.40. The van der Waals surface area contributed by atoms with E-state index >= 15 is 0 Å². The van der Waals surface area contributed by atoms with Crippen molar-refractivity contribution in [3.05, 3.63) is 34.9 Å². The number of nitrogens with zero attached hydrogens (tertiary/aromatic N) is 1. The third-order valence-corrected chi connectivity index (χ3v) is 3.31. The average Bonchev–Trinajstić information content (AvgIpc) is 2.34. The maximum absolute atomic E-state index is 5.87. The number of piperidine rings is 1. The summed E-state index contributed by atoms with van der Waals surface area (Å²) >= 11 is 5.87. The standard InChI is InChI=1S/C12H16ClN.C2H6/c1-14-8-6-11(7-9-14)10-2-4-12(13)5-3-10;1-2/h2-5,11H,6-9H2,1H3;1-2H3. The number of halogens is 1. The lowest BCUT2D eigenvalue weighted by Gasteiger charge is -2.29. The molecule has 0 amide bonds. The SMILES string of the molecule is CC.CN1CCC(c2ccc(Cl)cc2)CC1. The molecule has 90 valence electrons. The van der Waals surface area contributed by atoms with Gasteiger partial charge in [-0.05, 0) is 56.6 Å². The number of benzene rings is 1. The summed E-state index contributed by atoms with van der Waals surface area (Å²) in [6, 6.07) is 8.32. The highest BCUT2D eigenvalue weighted by Gasteiger charge is 2.17. The van der Waals surface area contributed by atoms with Gasteiger partial charge >= 0.3 is 0 Å². The molecule has 0 unspecified atom stereocenters. The normalized spacial score (nSPS) is 17.8. The molecular formula is C14H22ClN.